The zero-order valence-electron chi connectivity index (χ0n) is 15.2. The highest BCUT2D eigenvalue weighted by Gasteiger charge is 2.36. The first kappa shape index (κ1) is 18.4. The van der Waals surface area contributed by atoms with Crippen molar-refractivity contribution in [2.75, 3.05) is 18.1 Å². The molecule has 1 aromatic rings. The summed E-state index contributed by atoms with van der Waals surface area (Å²) in [6.07, 6.45) is 5.57. The minimum Gasteiger partial charge on any atom is -0.455 e. The molecule has 1 unspecified atom stereocenters. The summed E-state index contributed by atoms with van der Waals surface area (Å²) >= 11 is 0. The summed E-state index contributed by atoms with van der Waals surface area (Å²) < 4.78 is 5.15. The number of anilines is 1. The molecule has 0 aromatic heterocycles. The van der Waals surface area contributed by atoms with Crippen LogP contribution in [0.25, 0.3) is 0 Å². The normalized spacial score (nSPS) is 20.9. The van der Waals surface area contributed by atoms with Gasteiger partial charge in [0.25, 0.3) is 5.91 Å². The van der Waals surface area contributed by atoms with Gasteiger partial charge in [-0.05, 0) is 31.9 Å². The van der Waals surface area contributed by atoms with Crippen LogP contribution >= 0.6 is 0 Å². The van der Waals surface area contributed by atoms with Gasteiger partial charge >= 0.3 is 5.97 Å². The monoisotopic (exact) mass is 358 g/mol. The summed E-state index contributed by atoms with van der Waals surface area (Å²) in [5.41, 5.74) is 1.89. The molecule has 1 atom stereocenters. The Hall–Kier alpha value is -2.37. The average Bonchev–Trinajstić information content (AvgIpc) is 3.03. The zero-order chi connectivity index (χ0) is 18.5. The number of rotatable bonds is 5. The molecule has 1 saturated heterocycles. The van der Waals surface area contributed by atoms with Crippen LogP contribution in [0.5, 0.6) is 0 Å². The van der Waals surface area contributed by atoms with E-state index in [9.17, 15) is 14.4 Å². The van der Waals surface area contributed by atoms with Gasteiger partial charge in [-0.1, -0.05) is 37.0 Å². The van der Waals surface area contributed by atoms with Crippen molar-refractivity contribution >= 4 is 23.5 Å². The third kappa shape index (κ3) is 4.62. The van der Waals surface area contributed by atoms with Crippen molar-refractivity contribution in [3.63, 3.8) is 0 Å². The predicted octanol–water partition coefficient (Wildman–Crippen LogP) is 2.34. The highest BCUT2D eigenvalue weighted by molar-refractivity contribution is 5.99. The minimum atomic E-state index is -0.522. The van der Waals surface area contributed by atoms with Gasteiger partial charge in [-0.25, -0.2) is 0 Å². The highest BCUT2D eigenvalue weighted by Crippen LogP contribution is 2.26. The molecule has 0 radical (unpaired) electrons. The van der Waals surface area contributed by atoms with E-state index in [1.807, 2.05) is 31.2 Å². The van der Waals surface area contributed by atoms with Gasteiger partial charge in [-0.3, -0.25) is 14.4 Å². The summed E-state index contributed by atoms with van der Waals surface area (Å²) in [4.78, 5) is 38.0. The number of nitrogens with zero attached hydrogens (tertiary/aromatic N) is 1. The predicted molar refractivity (Wildman–Crippen MR) is 97.6 cm³/mol. The van der Waals surface area contributed by atoms with Crippen LogP contribution in [-0.2, 0) is 19.1 Å². The largest absolute Gasteiger partial charge is 0.455 e. The molecule has 1 N–H and O–H groups in total. The molecule has 2 amide bonds. The fraction of sp³-hybridized carbons (Fsp3) is 0.550. The molecule has 26 heavy (non-hydrogen) atoms. The smallest absolute Gasteiger partial charge is 0.311 e. The van der Waals surface area contributed by atoms with E-state index in [1.54, 1.807) is 4.90 Å². The lowest BCUT2D eigenvalue weighted by atomic mass is 9.95. The quantitative estimate of drug-likeness (QED) is 0.820. The second-order valence-electron chi connectivity index (χ2n) is 7.25. The molecule has 2 aliphatic rings. The zero-order valence-corrected chi connectivity index (χ0v) is 15.2. The van der Waals surface area contributed by atoms with E-state index in [0.29, 0.717) is 6.54 Å². The number of benzene rings is 1. The van der Waals surface area contributed by atoms with Crippen LogP contribution in [0, 0.1) is 12.8 Å². The second-order valence-corrected chi connectivity index (χ2v) is 7.25. The number of hydrogen-bond donors (Lipinski definition) is 1. The van der Waals surface area contributed by atoms with Crippen LogP contribution in [0.2, 0.25) is 0 Å². The molecule has 1 aromatic carbocycles. The lowest BCUT2D eigenvalue weighted by Crippen LogP contribution is -2.39. The first-order valence-corrected chi connectivity index (χ1v) is 9.36. The molecular weight excluding hydrogens is 332 g/mol. The van der Waals surface area contributed by atoms with E-state index >= 15 is 0 Å². The van der Waals surface area contributed by atoms with Gasteiger partial charge in [0.2, 0.25) is 5.91 Å². The second kappa shape index (κ2) is 8.34. The molecule has 1 aliphatic heterocycles. The van der Waals surface area contributed by atoms with Crippen molar-refractivity contribution in [2.45, 2.75) is 51.5 Å². The van der Waals surface area contributed by atoms with Crippen molar-refractivity contribution in [3.8, 4) is 0 Å². The van der Waals surface area contributed by atoms with Crippen LogP contribution in [0.3, 0.4) is 0 Å². The number of hydrogen-bond acceptors (Lipinski definition) is 4. The van der Waals surface area contributed by atoms with Gasteiger partial charge in [0.05, 0.1) is 5.92 Å². The lowest BCUT2D eigenvalue weighted by molar-refractivity contribution is -0.152. The molecule has 1 saturated carbocycles. The SMILES string of the molecule is Cc1ccc(N2CC(C(=O)OCC(=O)NC3CCCCC3)CC2=O)cc1. The maximum atomic E-state index is 12.2. The van der Waals surface area contributed by atoms with E-state index in [1.165, 1.54) is 6.42 Å². The van der Waals surface area contributed by atoms with Crippen LogP contribution in [-0.4, -0.2) is 37.0 Å². The third-order valence-electron chi connectivity index (χ3n) is 5.12. The number of aryl methyl sites for hydroxylation is 1. The summed E-state index contributed by atoms with van der Waals surface area (Å²) in [6.45, 7) is 2.00. The Bertz CT molecular complexity index is 665. The van der Waals surface area contributed by atoms with E-state index in [0.717, 1.165) is 36.9 Å². The molecular formula is C20H26N2O4. The maximum absolute atomic E-state index is 12.2. The number of carbonyl (C=O) groups is 3. The molecule has 6 heteroatoms. The minimum absolute atomic E-state index is 0.0949. The van der Waals surface area contributed by atoms with Crippen molar-refractivity contribution in [3.05, 3.63) is 29.8 Å². The summed E-state index contributed by atoms with van der Waals surface area (Å²) in [6, 6.07) is 7.81. The molecule has 0 spiro atoms. The Morgan fingerprint density at radius 1 is 1.15 bits per heavy atom. The van der Waals surface area contributed by atoms with Gasteiger partial charge < -0.3 is 15.0 Å². The van der Waals surface area contributed by atoms with Crippen LogP contribution in [0.4, 0.5) is 5.69 Å². The molecule has 3 rings (SSSR count). The van der Waals surface area contributed by atoms with Gasteiger partial charge in [0.15, 0.2) is 6.61 Å². The third-order valence-corrected chi connectivity index (χ3v) is 5.12. The van der Waals surface area contributed by atoms with Crippen molar-refractivity contribution in [1.29, 1.82) is 0 Å². The van der Waals surface area contributed by atoms with Crippen LogP contribution in [0.1, 0.15) is 44.1 Å². The number of nitrogens with one attached hydrogen (secondary N) is 1. The summed E-state index contributed by atoms with van der Waals surface area (Å²) in [5, 5.41) is 2.92. The Morgan fingerprint density at radius 3 is 2.54 bits per heavy atom. The average molecular weight is 358 g/mol. The Balaban J connectivity index is 1.47. The van der Waals surface area contributed by atoms with Gasteiger partial charge in [0, 0.05) is 24.7 Å². The van der Waals surface area contributed by atoms with Gasteiger partial charge in [0.1, 0.15) is 0 Å². The van der Waals surface area contributed by atoms with Gasteiger partial charge in [-0.15, -0.1) is 0 Å². The molecule has 140 valence electrons. The van der Waals surface area contributed by atoms with E-state index < -0.39 is 11.9 Å². The number of esters is 1. The molecule has 1 aliphatic carbocycles. The van der Waals surface area contributed by atoms with E-state index in [4.69, 9.17) is 4.74 Å². The molecule has 6 nitrogen and oxygen atoms in total. The van der Waals surface area contributed by atoms with Crippen molar-refractivity contribution in [2.24, 2.45) is 5.92 Å². The summed E-state index contributed by atoms with van der Waals surface area (Å²) in [7, 11) is 0. The summed E-state index contributed by atoms with van der Waals surface area (Å²) in [5.74, 6) is -1.36. The number of amides is 2. The topological polar surface area (TPSA) is 75.7 Å². The lowest BCUT2D eigenvalue weighted by Gasteiger charge is -2.22. The van der Waals surface area contributed by atoms with Crippen molar-refractivity contribution in [1.82, 2.24) is 5.32 Å². The Labute approximate surface area is 153 Å². The molecule has 0 bridgehead atoms. The first-order chi connectivity index (χ1) is 12.5. The van der Waals surface area contributed by atoms with Crippen LogP contribution in [0.15, 0.2) is 24.3 Å². The number of carbonyl (C=O) groups excluding carboxylic acids is 3. The van der Waals surface area contributed by atoms with Crippen LogP contribution < -0.4 is 10.2 Å². The maximum Gasteiger partial charge on any atom is 0.311 e. The molecule has 2 fully saturated rings. The number of ether oxygens (including phenoxy) is 1. The fourth-order valence-corrected chi connectivity index (χ4v) is 3.61. The van der Waals surface area contributed by atoms with E-state index in [-0.39, 0.29) is 30.9 Å². The standard InChI is InChI=1S/C20H26N2O4/c1-14-7-9-17(10-8-14)22-12-15(11-19(22)24)20(25)26-13-18(23)21-16-5-3-2-4-6-16/h7-10,15-16H,2-6,11-13H2,1H3,(H,21,23). The highest BCUT2D eigenvalue weighted by atomic mass is 16.5. The van der Waals surface area contributed by atoms with Crippen molar-refractivity contribution < 1.29 is 19.1 Å². The first-order valence-electron chi connectivity index (χ1n) is 9.36. The Morgan fingerprint density at radius 2 is 1.85 bits per heavy atom. The molecule has 1 heterocycles. The van der Waals surface area contributed by atoms with Gasteiger partial charge in [-0.2, -0.15) is 0 Å². The van der Waals surface area contributed by atoms with E-state index in [2.05, 4.69) is 5.32 Å². The Kier molecular flexibility index (Phi) is 5.91. The fourth-order valence-electron chi connectivity index (χ4n) is 3.61.